The third kappa shape index (κ3) is 2.59. The molecule has 3 heteroatoms. The van der Waals surface area contributed by atoms with Gasteiger partial charge in [-0.15, -0.1) is 0 Å². The molecule has 1 aliphatic carbocycles. The van der Waals surface area contributed by atoms with Gasteiger partial charge < -0.3 is 5.32 Å². The van der Waals surface area contributed by atoms with Gasteiger partial charge >= 0.3 is 0 Å². The minimum absolute atomic E-state index is 0.191. The Hall–Kier alpha value is -0.960. The van der Waals surface area contributed by atoms with E-state index in [1.807, 2.05) is 0 Å². The van der Waals surface area contributed by atoms with Gasteiger partial charge in [-0.2, -0.15) is 0 Å². The second-order valence-electron chi connectivity index (χ2n) is 4.77. The van der Waals surface area contributed by atoms with E-state index < -0.39 is 0 Å². The molecule has 0 aromatic carbocycles. The highest BCUT2D eigenvalue weighted by Gasteiger charge is 2.25. The lowest BCUT2D eigenvalue weighted by Crippen LogP contribution is -2.38. The van der Waals surface area contributed by atoms with Crippen LogP contribution in [0.4, 0.5) is 4.39 Å². The molecule has 1 saturated carbocycles. The van der Waals surface area contributed by atoms with Crippen LogP contribution < -0.4 is 5.32 Å². The summed E-state index contributed by atoms with van der Waals surface area (Å²) in [6.07, 6.45) is 5.30. The summed E-state index contributed by atoms with van der Waals surface area (Å²) in [6.45, 7) is 4.30. The number of pyridine rings is 1. The molecular weight excluding hydrogens is 203 g/mol. The SMILES string of the molecule is CC(NC(C)C1CCC1)c1ccc(F)cn1. The molecule has 0 spiro atoms. The highest BCUT2D eigenvalue weighted by Crippen LogP contribution is 2.30. The summed E-state index contributed by atoms with van der Waals surface area (Å²) >= 11 is 0. The fourth-order valence-corrected chi connectivity index (χ4v) is 2.20. The van der Waals surface area contributed by atoms with E-state index in [-0.39, 0.29) is 11.9 Å². The Morgan fingerprint density at radius 3 is 2.62 bits per heavy atom. The van der Waals surface area contributed by atoms with Crippen LogP contribution >= 0.6 is 0 Å². The maximum atomic E-state index is 12.7. The molecule has 2 atom stereocenters. The molecule has 2 rings (SSSR count). The number of rotatable bonds is 4. The number of hydrogen-bond acceptors (Lipinski definition) is 2. The van der Waals surface area contributed by atoms with Crippen molar-refractivity contribution in [2.24, 2.45) is 5.92 Å². The molecule has 0 amide bonds. The lowest BCUT2D eigenvalue weighted by molar-refractivity contribution is 0.229. The van der Waals surface area contributed by atoms with Crippen molar-refractivity contribution in [1.29, 1.82) is 0 Å². The number of nitrogens with one attached hydrogen (secondary N) is 1. The Kier molecular flexibility index (Phi) is 3.54. The standard InChI is InChI=1S/C13H19FN2/c1-9(11-4-3-5-11)16-10(2)13-7-6-12(14)8-15-13/h6-11,16H,3-5H2,1-2H3. The van der Waals surface area contributed by atoms with Gasteiger partial charge in [-0.25, -0.2) is 4.39 Å². The van der Waals surface area contributed by atoms with Crippen LogP contribution in [0.1, 0.15) is 44.8 Å². The van der Waals surface area contributed by atoms with E-state index in [0.717, 1.165) is 11.6 Å². The van der Waals surface area contributed by atoms with E-state index in [1.165, 1.54) is 31.5 Å². The Bertz CT molecular complexity index is 332. The second kappa shape index (κ2) is 4.91. The van der Waals surface area contributed by atoms with Crippen LogP contribution in [0.5, 0.6) is 0 Å². The summed E-state index contributed by atoms with van der Waals surface area (Å²) in [4.78, 5) is 4.10. The van der Waals surface area contributed by atoms with Crippen molar-refractivity contribution < 1.29 is 4.39 Å². The third-order valence-corrected chi connectivity index (χ3v) is 3.56. The average molecular weight is 222 g/mol. The highest BCUT2D eigenvalue weighted by atomic mass is 19.1. The normalized spacial score (nSPS) is 20.2. The quantitative estimate of drug-likeness (QED) is 0.847. The minimum Gasteiger partial charge on any atom is -0.306 e. The van der Waals surface area contributed by atoms with E-state index in [1.54, 1.807) is 6.07 Å². The van der Waals surface area contributed by atoms with E-state index in [4.69, 9.17) is 0 Å². The second-order valence-corrected chi connectivity index (χ2v) is 4.77. The predicted octanol–water partition coefficient (Wildman–Crippen LogP) is 3.06. The predicted molar refractivity (Wildman–Crippen MR) is 62.5 cm³/mol. The molecule has 1 aromatic rings. The molecule has 2 nitrogen and oxygen atoms in total. The summed E-state index contributed by atoms with van der Waals surface area (Å²) in [5, 5.41) is 3.53. The zero-order valence-electron chi connectivity index (χ0n) is 9.91. The van der Waals surface area contributed by atoms with Gasteiger partial charge in [0.25, 0.3) is 0 Å². The number of halogens is 1. The Morgan fingerprint density at radius 2 is 2.12 bits per heavy atom. The number of aromatic nitrogens is 1. The molecule has 0 aliphatic heterocycles. The molecule has 16 heavy (non-hydrogen) atoms. The highest BCUT2D eigenvalue weighted by molar-refractivity contribution is 5.09. The van der Waals surface area contributed by atoms with E-state index in [0.29, 0.717) is 6.04 Å². The Labute approximate surface area is 96.3 Å². The van der Waals surface area contributed by atoms with Crippen LogP contribution in [0.2, 0.25) is 0 Å². The fraction of sp³-hybridized carbons (Fsp3) is 0.615. The first-order chi connectivity index (χ1) is 7.66. The minimum atomic E-state index is -0.275. The number of nitrogens with zero attached hydrogens (tertiary/aromatic N) is 1. The van der Waals surface area contributed by atoms with Gasteiger partial charge in [-0.3, -0.25) is 4.98 Å². The van der Waals surface area contributed by atoms with E-state index in [2.05, 4.69) is 24.1 Å². The van der Waals surface area contributed by atoms with Gasteiger partial charge in [0.15, 0.2) is 0 Å². The first kappa shape index (κ1) is 11.5. The third-order valence-electron chi connectivity index (χ3n) is 3.56. The van der Waals surface area contributed by atoms with Crippen LogP contribution in [0, 0.1) is 11.7 Å². The first-order valence-corrected chi connectivity index (χ1v) is 6.04. The summed E-state index contributed by atoms with van der Waals surface area (Å²) in [6, 6.07) is 3.93. The van der Waals surface area contributed by atoms with Crippen molar-refractivity contribution >= 4 is 0 Å². The van der Waals surface area contributed by atoms with Crippen LogP contribution in [0.3, 0.4) is 0 Å². The first-order valence-electron chi connectivity index (χ1n) is 6.04. The van der Waals surface area contributed by atoms with Crippen LogP contribution in [-0.4, -0.2) is 11.0 Å². The average Bonchev–Trinajstić information content (AvgIpc) is 2.15. The van der Waals surface area contributed by atoms with Gasteiger partial charge in [0, 0.05) is 12.1 Å². The van der Waals surface area contributed by atoms with Crippen molar-refractivity contribution in [3.05, 3.63) is 29.8 Å². The molecule has 88 valence electrons. The van der Waals surface area contributed by atoms with Crippen LogP contribution in [0.15, 0.2) is 18.3 Å². The molecule has 1 aliphatic rings. The summed E-state index contributed by atoms with van der Waals surface area (Å²) in [5.41, 5.74) is 0.910. The molecule has 1 aromatic heterocycles. The van der Waals surface area contributed by atoms with E-state index >= 15 is 0 Å². The maximum Gasteiger partial charge on any atom is 0.141 e. The molecule has 0 bridgehead atoms. The van der Waals surface area contributed by atoms with Gasteiger partial charge in [0.1, 0.15) is 5.82 Å². The molecular formula is C13H19FN2. The van der Waals surface area contributed by atoms with Crippen molar-refractivity contribution in [1.82, 2.24) is 10.3 Å². The van der Waals surface area contributed by atoms with E-state index in [9.17, 15) is 4.39 Å². The van der Waals surface area contributed by atoms with Crippen LogP contribution in [-0.2, 0) is 0 Å². The molecule has 0 radical (unpaired) electrons. The van der Waals surface area contributed by atoms with Crippen molar-refractivity contribution in [2.45, 2.75) is 45.2 Å². The lowest BCUT2D eigenvalue weighted by Gasteiger charge is -2.33. The fourth-order valence-electron chi connectivity index (χ4n) is 2.20. The number of hydrogen-bond donors (Lipinski definition) is 1. The Balaban J connectivity index is 1.91. The lowest BCUT2D eigenvalue weighted by atomic mass is 9.80. The summed E-state index contributed by atoms with van der Waals surface area (Å²) in [5.74, 6) is 0.533. The van der Waals surface area contributed by atoms with Crippen molar-refractivity contribution in [2.75, 3.05) is 0 Å². The summed E-state index contributed by atoms with van der Waals surface area (Å²) < 4.78 is 12.7. The smallest absolute Gasteiger partial charge is 0.141 e. The van der Waals surface area contributed by atoms with Gasteiger partial charge in [0.05, 0.1) is 11.9 Å². The monoisotopic (exact) mass is 222 g/mol. The van der Waals surface area contributed by atoms with Gasteiger partial charge in [-0.05, 0) is 44.7 Å². The van der Waals surface area contributed by atoms with Gasteiger partial charge in [0.2, 0.25) is 0 Å². The molecule has 0 saturated heterocycles. The molecule has 1 heterocycles. The van der Waals surface area contributed by atoms with Crippen molar-refractivity contribution in [3.63, 3.8) is 0 Å². The molecule has 2 unspecified atom stereocenters. The van der Waals surface area contributed by atoms with Gasteiger partial charge in [-0.1, -0.05) is 6.42 Å². The topological polar surface area (TPSA) is 24.9 Å². The maximum absolute atomic E-state index is 12.7. The van der Waals surface area contributed by atoms with Crippen molar-refractivity contribution in [3.8, 4) is 0 Å². The van der Waals surface area contributed by atoms with Crippen LogP contribution in [0.25, 0.3) is 0 Å². The molecule has 1 fully saturated rings. The zero-order valence-corrected chi connectivity index (χ0v) is 9.91. The molecule has 1 N–H and O–H groups in total. The largest absolute Gasteiger partial charge is 0.306 e. The Morgan fingerprint density at radius 1 is 1.38 bits per heavy atom. The zero-order chi connectivity index (χ0) is 11.5. The summed E-state index contributed by atoms with van der Waals surface area (Å²) in [7, 11) is 0.